The van der Waals surface area contributed by atoms with Crippen molar-refractivity contribution in [2.45, 2.75) is 20.8 Å². The molecule has 0 bridgehead atoms. The number of hydrogen-bond acceptors (Lipinski definition) is 5. The van der Waals surface area contributed by atoms with Crippen LogP contribution in [0.15, 0.2) is 54.6 Å². The van der Waals surface area contributed by atoms with Crippen molar-refractivity contribution in [3.05, 3.63) is 93.0 Å². The third kappa shape index (κ3) is 4.43. The molecule has 0 atom stereocenters. The first kappa shape index (κ1) is 23.2. The molecule has 4 rings (SSSR count). The van der Waals surface area contributed by atoms with E-state index in [-0.39, 0.29) is 16.7 Å². The Morgan fingerprint density at radius 1 is 0.882 bits per heavy atom. The summed E-state index contributed by atoms with van der Waals surface area (Å²) < 4.78 is 5.10. The molecule has 3 aromatic rings. The molecule has 3 amide bonds. The van der Waals surface area contributed by atoms with Gasteiger partial charge in [-0.15, -0.1) is 0 Å². The first-order valence-electron chi connectivity index (χ1n) is 10.5. The van der Waals surface area contributed by atoms with E-state index in [1.807, 2.05) is 26.0 Å². The smallest absolute Gasteiger partial charge is 0.338 e. The van der Waals surface area contributed by atoms with Crippen LogP contribution in [0.2, 0.25) is 5.02 Å². The number of aryl methyl sites for hydroxylation is 3. The lowest BCUT2D eigenvalue weighted by atomic mass is 10.1. The van der Waals surface area contributed by atoms with Crippen molar-refractivity contribution in [2.75, 3.05) is 16.8 Å². The van der Waals surface area contributed by atoms with E-state index in [1.165, 1.54) is 18.2 Å². The fourth-order valence-electron chi connectivity index (χ4n) is 3.81. The molecule has 3 aromatic carbocycles. The molecule has 8 heteroatoms. The van der Waals surface area contributed by atoms with E-state index >= 15 is 0 Å². The second-order valence-electron chi connectivity index (χ2n) is 8.08. The van der Waals surface area contributed by atoms with Gasteiger partial charge in [0.2, 0.25) is 0 Å². The highest BCUT2D eigenvalue weighted by molar-refractivity contribution is 6.35. The molecule has 1 N–H and O–H groups in total. The zero-order valence-corrected chi connectivity index (χ0v) is 19.5. The molecule has 0 radical (unpaired) electrons. The standard InChI is InChI=1S/C26H21ClN2O5/c1-14-4-9-22(16(3)10-14)29-24(31)19-7-5-17(12-20(19)25(29)32)26(33)34-13-23(30)28-21-8-6-18(27)11-15(21)2/h4-12H,13H2,1-3H3,(H,28,30). The first-order chi connectivity index (χ1) is 16.2. The Hall–Kier alpha value is -3.97. The second kappa shape index (κ2) is 9.11. The Balaban J connectivity index is 1.46. The van der Waals surface area contributed by atoms with Gasteiger partial charge in [-0.25, -0.2) is 9.69 Å². The van der Waals surface area contributed by atoms with Crippen LogP contribution in [0.4, 0.5) is 11.4 Å². The first-order valence-corrected chi connectivity index (χ1v) is 10.9. The Kier molecular flexibility index (Phi) is 6.22. The van der Waals surface area contributed by atoms with Gasteiger partial charge in [0, 0.05) is 10.7 Å². The summed E-state index contributed by atoms with van der Waals surface area (Å²) in [5.41, 5.74) is 4.00. The lowest BCUT2D eigenvalue weighted by molar-refractivity contribution is -0.119. The van der Waals surface area contributed by atoms with E-state index in [1.54, 1.807) is 31.2 Å². The number of esters is 1. The molecule has 172 valence electrons. The van der Waals surface area contributed by atoms with Crippen LogP contribution in [0.25, 0.3) is 0 Å². The summed E-state index contributed by atoms with van der Waals surface area (Å²) in [6.45, 7) is 5.02. The van der Waals surface area contributed by atoms with Gasteiger partial charge in [0.1, 0.15) is 0 Å². The molecule has 0 aliphatic carbocycles. The van der Waals surface area contributed by atoms with Crippen LogP contribution >= 0.6 is 11.6 Å². The number of amides is 3. The minimum absolute atomic E-state index is 0.0675. The molecule has 0 spiro atoms. The van der Waals surface area contributed by atoms with Crippen molar-refractivity contribution in [1.29, 1.82) is 0 Å². The van der Waals surface area contributed by atoms with Crippen molar-refractivity contribution >= 4 is 46.7 Å². The predicted molar refractivity (Wildman–Crippen MR) is 129 cm³/mol. The molecule has 0 unspecified atom stereocenters. The van der Waals surface area contributed by atoms with Crippen LogP contribution in [-0.4, -0.2) is 30.3 Å². The fourth-order valence-corrected chi connectivity index (χ4v) is 4.04. The Morgan fingerprint density at radius 2 is 1.62 bits per heavy atom. The van der Waals surface area contributed by atoms with Gasteiger partial charge in [-0.05, 0) is 74.4 Å². The summed E-state index contributed by atoms with van der Waals surface area (Å²) in [6, 6.07) is 14.6. The summed E-state index contributed by atoms with van der Waals surface area (Å²) in [7, 11) is 0. The molecular weight excluding hydrogens is 456 g/mol. The van der Waals surface area contributed by atoms with E-state index in [9.17, 15) is 19.2 Å². The molecule has 1 heterocycles. The van der Waals surface area contributed by atoms with Crippen molar-refractivity contribution in [1.82, 2.24) is 0 Å². The summed E-state index contributed by atoms with van der Waals surface area (Å²) in [5.74, 6) is -2.27. The molecule has 0 aromatic heterocycles. The number of halogens is 1. The maximum absolute atomic E-state index is 13.0. The number of carbonyl (C=O) groups is 4. The lowest BCUT2D eigenvalue weighted by Gasteiger charge is -2.16. The van der Waals surface area contributed by atoms with Crippen molar-refractivity contribution in [3.63, 3.8) is 0 Å². The average Bonchev–Trinajstić information content (AvgIpc) is 3.04. The van der Waals surface area contributed by atoms with Gasteiger partial charge in [0.25, 0.3) is 17.7 Å². The van der Waals surface area contributed by atoms with E-state index in [0.717, 1.165) is 21.6 Å². The highest BCUT2D eigenvalue weighted by Gasteiger charge is 2.37. The summed E-state index contributed by atoms with van der Waals surface area (Å²) in [5, 5.41) is 3.20. The van der Waals surface area contributed by atoms with Crippen LogP contribution in [0.5, 0.6) is 0 Å². The van der Waals surface area contributed by atoms with Gasteiger partial charge in [0.15, 0.2) is 6.61 Å². The van der Waals surface area contributed by atoms with Gasteiger partial charge in [-0.3, -0.25) is 14.4 Å². The van der Waals surface area contributed by atoms with Crippen LogP contribution < -0.4 is 10.2 Å². The number of carbonyl (C=O) groups excluding carboxylic acids is 4. The molecule has 0 fully saturated rings. The van der Waals surface area contributed by atoms with Gasteiger partial charge < -0.3 is 10.1 Å². The molecule has 34 heavy (non-hydrogen) atoms. The van der Waals surface area contributed by atoms with Crippen LogP contribution in [-0.2, 0) is 9.53 Å². The minimum atomic E-state index is -0.781. The highest BCUT2D eigenvalue weighted by Crippen LogP contribution is 2.31. The molecule has 1 aliphatic heterocycles. The number of fused-ring (bicyclic) bond motifs is 1. The third-order valence-electron chi connectivity index (χ3n) is 5.51. The highest BCUT2D eigenvalue weighted by atomic mass is 35.5. The third-order valence-corrected chi connectivity index (χ3v) is 5.75. The number of imide groups is 1. The number of benzene rings is 3. The largest absolute Gasteiger partial charge is 0.452 e. The zero-order valence-electron chi connectivity index (χ0n) is 18.8. The molecule has 0 saturated heterocycles. The minimum Gasteiger partial charge on any atom is -0.452 e. The summed E-state index contributed by atoms with van der Waals surface area (Å²) in [6.07, 6.45) is 0. The van der Waals surface area contributed by atoms with Crippen LogP contribution in [0.3, 0.4) is 0 Å². The van der Waals surface area contributed by atoms with Crippen LogP contribution in [0.1, 0.15) is 47.8 Å². The van der Waals surface area contributed by atoms with Crippen molar-refractivity contribution < 1.29 is 23.9 Å². The molecule has 1 aliphatic rings. The average molecular weight is 477 g/mol. The summed E-state index contributed by atoms with van der Waals surface area (Å²) in [4.78, 5) is 51.7. The molecular formula is C26H21ClN2O5. The van der Waals surface area contributed by atoms with E-state index in [0.29, 0.717) is 16.4 Å². The number of nitrogens with zero attached hydrogens (tertiary/aromatic N) is 1. The van der Waals surface area contributed by atoms with Gasteiger partial charge in [-0.1, -0.05) is 29.3 Å². The lowest BCUT2D eigenvalue weighted by Crippen LogP contribution is -2.30. The van der Waals surface area contributed by atoms with E-state index in [2.05, 4.69) is 5.32 Å². The number of rotatable bonds is 5. The second-order valence-corrected chi connectivity index (χ2v) is 8.52. The Labute approximate surface area is 201 Å². The molecule has 0 saturated carbocycles. The van der Waals surface area contributed by atoms with Crippen LogP contribution in [0, 0.1) is 20.8 Å². The number of ether oxygens (including phenoxy) is 1. The summed E-state index contributed by atoms with van der Waals surface area (Å²) >= 11 is 5.91. The predicted octanol–water partition coefficient (Wildman–Crippen LogP) is 4.86. The Morgan fingerprint density at radius 3 is 2.32 bits per heavy atom. The monoisotopic (exact) mass is 476 g/mol. The molecule has 7 nitrogen and oxygen atoms in total. The SMILES string of the molecule is Cc1ccc(N2C(=O)c3ccc(C(=O)OCC(=O)Nc4ccc(Cl)cc4C)cc3C2=O)c(C)c1. The zero-order chi connectivity index (χ0) is 24.6. The Bertz CT molecular complexity index is 1370. The van der Waals surface area contributed by atoms with Crippen molar-refractivity contribution in [3.8, 4) is 0 Å². The van der Waals surface area contributed by atoms with Crippen molar-refractivity contribution in [2.24, 2.45) is 0 Å². The number of hydrogen-bond donors (Lipinski definition) is 1. The number of anilines is 2. The number of nitrogens with one attached hydrogen (secondary N) is 1. The van der Waals surface area contributed by atoms with Gasteiger partial charge in [0.05, 0.1) is 22.4 Å². The maximum atomic E-state index is 13.0. The van der Waals surface area contributed by atoms with Gasteiger partial charge in [-0.2, -0.15) is 0 Å². The van der Waals surface area contributed by atoms with E-state index in [4.69, 9.17) is 16.3 Å². The topological polar surface area (TPSA) is 92.8 Å². The quantitative estimate of drug-likeness (QED) is 0.419. The van der Waals surface area contributed by atoms with Gasteiger partial charge >= 0.3 is 5.97 Å². The fraction of sp³-hybridized carbons (Fsp3) is 0.154. The van der Waals surface area contributed by atoms with E-state index < -0.39 is 30.3 Å². The maximum Gasteiger partial charge on any atom is 0.338 e. The normalized spacial score (nSPS) is 12.5.